The van der Waals surface area contributed by atoms with Gasteiger partial charge in [-0.2, -0.15) is 0 Å². The van der Waals surface area contributed by atoms with E-state index in [4.69, 9.17) is 0 Å². The van der Waals surface area contributed by atoms with Crippen LogP contribution in [0.5, 0.6) is 0 Å². The zero-order chi connectivity index (χ0) is 16.0. The Balaban J connectivity index is 2.18. The summed E-state index contributed by atoms with van der Waals surface area (Å²) < 4.78 is 38.1. The number of carbonyl (C=O) groups excluding carboxylic acids is 1. The van der Waals surface area contributed by atoms with Crippen molar-refractivity contribution >= 4 is 32.6 Å². The minimum Gasteiger partial charge on any atom is -0.348 e. The van der Waals surface area contributed by atoms with Crippen LogP contribution in [0.2, 0.25) is 0 Å². The van der Waals surface area contributed by atoms with Crippen LogP contribution in [-0.4, -0.2) is 27.0 Å². The molecule has 0 aliphatic heterocycles. The molecule has 1 fully saturated rings. The summed E-state index contributed by atoms with van der Waals surface area (Å²) in [5.74, 6) is -5.29. The molecular formula is C14H16BrF2NO2S. The van der Waals surface area contributed by atoms with E-state index in [-0.39, 0.29) is 0 Å². The maximum Gasteiger partial charge on any atom is 0.279 e. The lowest BCUT2D eigenvalue weighted by molar-refractivity contribution is -0.123. The number of benzene rings is 1. The van der Waals surface area contributed by atoms with E-state index in [9.17, 15) is 17.8 Å². The summed E-state index contributed by atoms with van der Waals surface area (Å²) in [6.45, 7) is 2.96. The highest BCUT2D eigenvalue weighted by molar-refractivity contribution is 9.10. The van der Waals surface area contributed by atoms with Gasteiger partial charge in [0.05, 0.1) is 12.0 Å². The van der Waals surface area contributed by atoms with E-state index in [1.54, 1.807) is 31.2 Å². The lowest BCUT2D eigenvalue weighted by atomic mass is 10.1. The van der Waals surface area contributed by atoms with E-state index in [0.717, 1.165) is 16.3 Å². The minimum atomic E-state index is -3.23. The van der Waals surface area contributed by atoms with E-state index in [2.05, 4.69) is 21.2 Å². The van der Waals surface area contributed by atoms with Gasteiger partial charge in [-0.25, -0.2) is 8.78 Å². The predicted molar refractivity (Wildman–Crippen MR) is 81.6 cm³/mol. The third-order valence-electron chi connectivity index (χ3n) is 4.07. The molecule has 1 aromatic carbocycles. The Hall–Kier alpha value is -0.820. The van der Waals surface area contributed by atoms with Crippen LogP contribution in [0.4, 0.5) is 8.78 Å². The van der Waals surface area contributed by atoms with E-state index in [1.807, 2.05) is 0 Å². The van der Waals surface area contributed by atoms with E-state index < -0.39 is 39.3 Å². The van der Waals surface area contributed by atoms with Gasteiger partial charge in [-0.15, -0.1) is 0 Å². The van der Waals surface area contributed by atoms with Crippen molar-refractivity contribution in [2.75, 3.05) is 6.26 Å². The van der Waals surface area contributed by atoms with E-state index >= 15 is 0 Å². The van der Waals surface area contributed by atoms with E-state index in [0.29, 0.717) is 0 Å². The van der Waals surface area contributed by atoms with Crippen molar-refractivity contribution in [1.82, 2.24) is 5.32 Å². The molecule has 4 unspecified atom stereocenters. The molecule has 0 bridgehead atoms. The van der Waals surface area contributed by atoms with Gasteiger partial charge in [-0.05, 0) is 24.6 Å². The molecule has 1 amide bonds. The summed E-state index contributed by atoms with van der Waals surface area (Å²) in [5.41, 5.74) is 0.792. The van der Waals surface area contributed by atoms with Gasteiger partial charge in [-0.1, -0.05) is 35.0 Å². The summed E-state index contributed by atoms with van der Waals surface area (Å²) in [7, 11) is -1.94. The van der Waals surface area contributed by atoms with Crippen LogP contribution in [-0.2, 0) is 15.6 Å². The topological polar surface area (TPSA) is 46.2 Å². The number of nitrogens with one attached hydrogen (secondary N) is 1. The fraction of sp³-hybridized carbons (Fsp3) is 0.500. The molecule has 116 valence electrons. The Bertz CT molecular complexity index is 593. The van der Waals surface area contributed by atoms with Crippen molar-refractivity contribution in [3.63, 3.8) is 0 Å². The van der Waals surface area contributed by atoms with Crippen molar-refractivity contribution < 1.29 is 17.8 Å². The highest BCUT2D eigenvalue weighted by atomic mass is 79.9. The Morgan fingerprint density at radius 3 is 2.24 bits per heavy atom. The second-order valence-electron chi connectivity index (χ2n) is 5.28. The molecule has 1 aliphatic rings. The molecule has 1 N–H and O–H groups in total. The molecule has 0 radical (unpaired) electrons. The molecule has 0 saturated heterocycles. The standard InChI is InChI=1S/C14H16BrF2NO2S/c1-8(10-4-6-11(15)7-5-10)18-12(19)13(21(3)20)9(2)14(13,16)17/h4-9H,1-3H3,(H,18,19). The summed E-state index contributed by atoms with van der Waals surface area (Å²) in [4.78, 5) is 12.3. The van der Waals surface area contributed by atoms with Crippen molar-refractivity contribution in [1.29, 1.82) is 0 Å². The summed E-state index contributed by atoms with van der Waals surface area (Å²) in [6, 6.07) is 6.76. The average molecular weight is 380 g/mol. The number of amides is 1. The van der Waals surface area contributed by atoms with Gasteiger partial charge in [0.25, 0.3) is 5.92 Å². The van der Waals surface area contributed by atoms with Crippen molar-refractivity contribution in [3.05, 3.63) is 34.3 Å². The fourth-order valence-corrected chi connectivity index (χ4v) is 4.33. The minimum absolute atomic E-state index is 0.436. The highest BCUT2D eigenvalue weighted by Crippen LogP contribution is 2.62. The van der Waals surface area contributed by atoms with Crippen LogP contribution in [0, 0.1) is 5.92 Å². The van der Waals surface area contributed by atoms with E-state index in [1.165, 1.54) is 6.92 Å². The zero-order valence-electron chi connectivity index (χ0n) is 11.8. The summed E-state index contributed by atoms with van der Waals surface area (Å²) >= 11 is 3.30. The molecule has 3 nitrogen and oxygen atoms in total. The first-order valence-electron chi connectivity index (χ1n) is 6.43. The highest BCUT2D eigenvalue weighted by Gasteiger charge is 2.85. The van der Waals surface area contributed by atoms with Gasteiger partial charge in [0, 0.05) is 21.5 Å². The number of hydrogen-bond donors (Lipinski definition) is 1. The van der Waals surface area contributed by atoms with Gasteiger partial charge in [-0.3, -0.25) is 9.00 Å². The largest absolute Gasteiger partial charge is 0.348 e. The van der Waals surface area contributed by atoms with Gasteiger partial charge in [0.2, 0.25) is 5.91 Å². The van der Waals surface area contributed by atoms with Crippen molar-refractivity contribution in [2.24, 2.45) is 5.92 Å². The second kappa shape index (κ2) is 5.43. The Morgan fingerprint density at radius 1 is 1.38 bits per heavy atom. The molecule has 4 atom stereocenters. The zero-order valence-corrected chi connectivity index (χ0v) is 14.2. The number of halogens is 3. The maximum absolute atomic E-state index is 13.8. The van der Waals surface area contributed by atoms with Gasteiger partial charge in [0.1, 0.15) is 0 Å². The SMILES string of the molecule is CC(NC(=O)C1(S(C)=O)C(C)C1(F)F)c1ccc(Br)cc1. The van der Waals surface area contributed by atoms with Gasteiger partial charge < -0.3 is 5.32 Å². The normalized spacial score (nSPS) is 29.5. The molecule has 1 aliphatic carbocycles. The molecule has 0 heterocycles. The molecular weight excluding hydrogens is 364 g/mol. The number of rotatable bonds is 4. The van der Waals surface area contributed by atoms with Crippen molar-refractivity contribution in [2.45, 2.75) is 30.6 Å². The summed E-state index contributed by atoms with van der Waals surface area (Å²) in [5, 5.41) is 2.56. The van der Waals surface area contributed by atoms with Crippen LogP contribution in [0.1, 0.15) is 25.5 Å². The third kappa shape index (κ3) is 2.44. The lowest BCUT2D eigenvalue weighted by Gasteiger charge is -2.19. The number of alkyl halides is 2. The maximum atomic E-state index is 13.8. The quantitative estimate of drug-likeness (QED) is 0.873. The number of carbonyl (C=O) groups is 1. The van der Waals surface area contributed by atoms with Gasteiger partial charge in [0.15, 0.2) is 4.75 Å². The Labute approximate surface area is 133 Å². The van der Waals surface area contributed by atoms with Gasteiger partial charge >= 0.3 is 0 Å². The van der Waals surface area contributed by atoms with Crippen LogP contribution in [0.25, 0.3) is 0 Å². The molecule has 0 spiro atoms. The molecule has 0 aromatic heterocycles. The smallest absolute Gasteiger partial charge is 0.279 e. The molecule has 7 heteroatoms. The first-order chi connectivity index (χ1) is 9.65. The van der Waals surface area contributed by atoms with Crippen LogP contribution in [0.15, 0.2) is 28.7 Å². The fourth-order valence-electron chi connectivity index (χ4n) is 2.60. The first kappa shape index (κ1) is 16.5. The third-order valence-corrected chi connectivity index (χ3v) is 6.32. The van der Waals surface area contributed by atoms with Crippen molar-refractivity contribution in [3.8, 4) is 0 Å². The molecule has 1 aromatic rings. The number of hydrogen-bond acceptors (Lipinski definition) is 2. The second-order valence-corrected chi connectivity index (χ2v) is 7.75. The molecule has 21 heavy (non-hydrogen) atoms. The Kier molecular flexibility index (Phi) is 4.28. The monoisotopic (exact) mass is 379 g/mol. The lowest BCUT2D eigenvalue weighted by Crippen LogP contribution is -2.44. The average Bonchev–Trinajstić information content (AvgIpc) is 2.85. The Morgan fingerprint density at radius 2 is 1.86 bits per heavy atom. The van der Waals surface area contributed by atoms with Crippen LogP contribution in [0.3, 0.4) is 0 Å². The van der Waals surface area contributed by atoms with Crippen LogP contribution < -0.4 is 5.32 Å². The summed E-state index contributed by atoms with van der Waals surface area (Å²) in [6.07, 6.45) is 1.15. The van der Waals surface area contributed by atoms with Crippen LogP contribution >= 0.6 is 15.9 Å². The molecule has 2 rings (SSSR count). The first-order valence-corrected chi connectivity index (χ1v) is 8.78. The predicted octanol–water partition coefficient (Wildman–Crippen LogP) is 3.03. The molecule has 1 saturated carbocycles.